The molecule has 1 atom stereocenters. The fourth-order valence-electron chi connectivity index (χ4n) is 3.66. The lowest BCUT2D eigenvalue weighted by Gasteiger charge is -2.32. The van der Waals surface area contributed by atoms with Crippen LogP contribution in [-0.2, 0) is 22.6 Å². The molecule has 6 nitrogen and oxygen atoms in total. The SMILES string of the molecule is CC1Oc2ccccc2N(CC(=O)NCc2cccc3c2CCCN3)C1=O. The maximum absolute atomic E-state index is 12.6. The first-order valence-electron chi connectivity index (χ1n) is 9.32. The summed E-state index contributed by atoms with van der Waals surface area (Å²) in [4.78, 5) is 26.6. The van der Waals surface area contributed by atoms with Crippen molar-refractivity contribution in [1.82, 2.24) is 5.32 Å². The molecule has 140 valence electrons. The largest absolute Gasteiger partial charge is 0.479 e. The Morgan fingerprint density at radius 2 is 2.11 bits per heavy atom. The van der Waals surface area contributed by atoms with Crippen LogP contribution in [0.4, 0.5) is 11.4 Å². The maximum atomic E-state index is 12.6. The van der Waals surface area contributed by atoms with E-state index in [0.717, 1.165) is 30.6 Å². The molecular weight excluding hydrogens is 342 g/mol. The van der Waals surface area contributed by atoms with Gasteiger partial charge in [-0.15, -0.1) is 0 Å². The number of hydrogen-bond acceptors (Lipinski definition) is 4. The van der Waals surface area contributed by atoms with Crippen molar-refractivity contribution < 1.29 is 14.3 Å². The van der Waals surface area contributed by atoms with Gasteiger partial charge in [0.1, 0.15) is 12.3 Å². The van der Waals surface area contributed by atoms with Gasteiger partial charge in [-0.1, -0.05) is 24.3 Å². The number of hydrogen-bond donors (Lipinski definition) is 2. The molecule has 2 amide bonds. The summed E-state index contributed by atoms with van der Waals surface area (Å²) in [7, 11) is 0. The van der Waals surface area contributed by atoms with E-state index in [9.17, 15) is 9.59 Å². The average Bonchev–Trinajstić information content (AvgIpc) is 2.69. The number of benzene rings is 2. The lowest BCUT2D eigenvalue weighted by molar-refractivity contribution is -0.128. The highest BCUT2D eigenvalue weighted by molar-refractivity contribution is 6.03. The molecule has 0 radical (unpaired) electrons. The fraction of sp³-hybridized carbons (Fsp3) is 0.333. The van der Waals surface area contributed by atoms with Crippen molar-refractivity contribution in [3.63, 3.8) is 0 Å². The van der Waals surface area contributed by atoms with Crippen molar-refractivity contribution in [2.45, 2.75) is 32.4 Å². The van der Waals surface area contributed by atoms with E-state index in [4.69, 9.17) is 4.74 Å². The second-order valence-corrected chi connectivity index (χ2v) is 6.90. The number of nitrogens with zero attached hydrogens (tertiary/aromatic N) is 1. The second kappa shape index (κ2) is 7.31. The zero-order chi connectivity index (χ0) is 18.8. The van der Waals surface area contributed by atoms with E-state index >= 15 is 0 Å². The van der Waals surface area contributed by atoms with E-state index in [2.05, 4.69) is 16.7 Å². The molecule has 2 heterocycles. The maximum Gasteiger partial charge on any atom is 0.268 e. The van der Waals surface area contributed by atoms with Crippen LogP contribution >= 0.6 is 0 Å². The first-order valence-corrected chi connectivity index (χ1v) is 9.32. The van der Waals surface area contributed by atoms with Crippen LogP contribution in [0.25, 0.3) is 0 Å². The summed E-state index contributed by atoms with van der Waals surface area (Å²) < 4.78 is 5.62. The lowest BCUT2D eigenvalue weighted by Crippen LogP contribution is -2.48. The third-order valence-electron chi connectivity index (χ3n) is 5.04. The third kappa shape index (κ3) is 3.47. The van der Waals surface area contributed by atoms with Gasteiger partial charge < -0.3 is 15.4 Å². The second-order valence-electron chi connectivity index (χ2n) is 6.90. The molecule has 2 N–H and O–H groups in total. The van der Waals surface area contributed by atoms with E-state index in [1.165, 1.54) is 10.5 Å². The van der Waals surface area contributed by atoms with Gasteiger partial charge in [-0.05, 0) is 49.1 Å². The van der Waals surface area contributed by atoms with Crippen LogP contribution in [-0.4, -0.2) is 31.0 Å². The molecular formula is C21H23N3O3. The van der Waals surface area contributed by atoms with E-state index in [1.807, 2.05) is 30.3 Å². The van der Waals surface area contributed by atoms with Crippen molar-refractivity contribution in [3.05, 3.63) is 53.6 Å². The molecule has 0 spiro atoms. The van der Waals surface area contributed by atoms with Crippen LogP contribution in [0.15, 0.2) is 42.5 Å². The number of carbonyl (C=O) groups excluding carboxylic acids is 2. The first kappa shape index (κ1) is 17.4. The minimum absolute atomic E-state index is 0.0170. The number of nitrogens with one attached hydrogen (secondary N) is 2. The monoisotopic (exact) mass is 365 g/mol. The predicted octanol–water partition coefficient (Wildman–Crippen LogP) is 2.48. The van der Waals surface area contributed by atoms with Gasteiger partial charge in [-0.25, -0.2) is 0 Å². The first-order chi connectivity index (χ1) is 13.1. The van der Waals surface area contributed by atoms with Crippen LogP contribution in [0.1, 0.15) is 24.5 Å². The average molecular weight is 365 g/mol. The molecule has 2 aromatic carbocycles. The highest BCUT2D eigenvalue weighted by atomic mass is 16.5. The van der Waals surface area contributed by atoms with Gasteiger partial charge in [0.2, 0.25) is 5.91 Å². The lowest BCUT2D eigenvalue weighted by atomic mass is 9.97. The molecule has 2 aromatic rings. The van der Waals surface area contributed by atoms with Crippen molar-refractivity contribution in [2.75, 3.05) is 23.3 Å². The van der Waals surface area contributed by atoms with Crippen LogP contribution in [0, 0.1) is 0 Å². The smallest absolute Gasteiger partial charge is 0.268 e. The summed E-state index contributed by atoms with van der Waals surface area (Å²) in [6.07, 6.45) is 1.51. The minimum atomic E-state index is -0.597. The van der Waals surface area contributed by atoms with Gasteiger partial charge in [0.05, 0.1) is 5.69 Å². The van der Waals surface area contributed by atoms with Gasteiger partial charge in [-0.2, -0.15) is 0 Å². The molecule has 1 unspecified atom stereocenters. The van der Waals surface area contributed by atoms with Gasteiger partial charge in [0, 0.05) is 18.8 Å². The number of amides is 2. The Kier molecular flexibility index (Phi) is 4.71. The number of anilines is 2. The Labute approximate surface area is 158 Å². The zero-order valence-electron chi connectivity index (χ0n) is 15.3. The molecule has 0 aliphatic carbocycles. The zero-order valence-corrected chi connectivity index (χ0v) is 15.3. The number of fused-ring (bicyclic) bond motifs is 2. The van der Waals surface area contributed by atoms with Crippen LogP contribution < -0.4 is 20.3 Å². The van der Waals surface area contributed by atoms with Gasteiger partial charge >= 0.3 is 0 Å². The van der Waals surface area contributed by atoms with Gasteiger partial charge in [0.15, 0.2) is 6.10 Å². The molecule has 27 heavy (non-hydrogen) atoms. The van der Waals surface area contributed by atoms with Crippen LogP contribution in [0.2, 0.25) is 0 Å². The van der Waals surface area contributed by atoms with Crippen LogP contribution in [0.5, 0.6) is 5.75 Å². The molecule has 0 fully saturated rings. The van der Waals surface area contributed by atoms with Crippen LogP contribution in [0.3, 0.4) is 0 Å². The Bertz CT molecular complexity index is 881. The Balaban J connectivity index is 1.45. The van der Waals surface area contributed by atoms with E-state index < -0.39 is 6.10 Å². The normalized spacial score (nSPS) is 18.0. The third-order valence-corrected chi connectivity index (χ3v) is 5.04. The van der Waals surface area contributed by atoms with Crippen molar-refractivity contribution in [3.8, 4) is 5.75 Å². The van der Waals surface area contributed by atoms with Crippen molar-refractivity contribution in [1.29, 1.82) is 0 Å². The molecule has 2 aliphatic heterocycles. The van der Waals surface area contributed by atoms with Gasteiger partial charge in [0.25, 0.3) is 5.91 Å². The topological polar surface area (TPSA) is 70.7 Å². The number of carbonyl (C=O) groups is 2. The molecule has 6 heteroatoms. The molecule has 2 aliphatic rings. The number of para-hydroxylation sites is 2. The summed E-state index contributed by atoms with van der Waals surface area (Å²) in [6.45, 7) is 3.13. The Hall–Kier alpha value is -3.02. The highest BCUT2D eigenvalue weighted by Crippen LogP contribution is 2.33. The summed E-state index contributed by atoms with van der Waals surface area (Å²) in [5.41, 5.74) is 4.18. The summed E-state index contributed by atoms with van der Waals surface area (Å²) in [5, 5.41) is 6.36. The molecule has 4 rings (SSSR count). The highest BCUT2D eigenvalue weighted by Gasteiger charge is 2.32. The van der Waals surface area contributed by atoms with E-state index in [1.54, 1.807) is 13.0 Å². The van der Waals surface area contributed by atoms with Crippen molar-refractivity contribution >= 4 is 23.2 Å². The quantitative estimate of drug-likeness (QED) is 0.873. The Morgan fingerprint density at radius 3 is 3.00 bits per heavy atom. The standard InChI is InChI=1S/C21H23N3O3/c1-14-21(26)24(18-9-2-3-10-19(18)27-14)13-20(25)23-12-15-6-4-8-17-16(15)7-5-11-22-17/h2-4,6,8-10,14,22H,5,7,11-13H2,1H3,(H,23,25). The minimum Gasteiger partial charge on any atom is -0.479 e. The number of ether oxygens (including phenoxy) is 1. The summed E-state index contributed by atoms with van der Waals surface area (Å²) in [6, 6.07) is 13.4. The molecule has 0 bridgehead atoms. The molecule has 0 aromatic heterocycles. The predicted molar refractivity (Wildman–Crippen MR) is 104 cm³/mol. The van der Waals surface area contributed by atoms with E-state index in [0.29, 0.717) is 18.0 Å². The summed E-state index contributed by atoms with van der Waals surface area (Å²) >= 11 is 0. The molecule has 0 saturated heterocycles. The van der Waals surface area contributed by atoms with Gasteiger partial charge in [-0.3, -0.25) is 14.5 Å². The van der Waals surface area contributed by atoms with Crippen molar-refractivity contribution in [2.24, 2.45) is 0 Å². The number of rotatable bonds is 4. The summed E-state index contributed by atoms with van der Waals surface area (Å²) in [5.74, 6) is 0.236. The fourth-order valence-corrected chi connectivity index (χ4v) is 3.66. The molecule has 0 saturated carbocycles. The van der Waals surface area contributed by atoms with E-state index in [-0.39, 0.29) is 18.4 Å². The Morgan fingerprint density at radius 1 is 1.26 bits per heavy atom.